The second-order valence-corrected chi connectivity index (χ2v) is 5.69. The highest BCUT2D eigenvalue weighted by atomic mass is 19.1. The van der Waals surface area contributed by atoms with Crippen molar-refractivity contribution in [3.8, 4) is 11.4 Å². The van der Waals surface area contributed by atoms with E-state index in [0.29, 0.717) is 11.2 Å². The average Bonchev–Trinajstić information content (AvgIpc) is 2.55. The van der Waals surface area contributed by atoms with E-state index in [1.165, 1.54) is 28.9 Å². The normalized spacial score (nSPS) is 11.0. The minimum Gasteiger partial charge on any atom is -0.490 e. The lowest BCUT2D eigenvalue weighted by Crippen LogP contribution is -2.23. The van der Waals surface area contributed by atoms with Crippen LogP contribution >= 0.6 is 0 Å². The third kappa shape index (κ3) is 3.08. The van der Waals surface area contributed by atoms with Gasteiger partial charge in [-0.15, -0.1) is 0 Å². The van der Waals surface area contributed by atoms with Gasteiger partial charge in [0.2, 0.25) is 11.1 Å². The van der Waals surface area contributed by atoms with Crippen LogP contribution in [0.3, 0.4) is 0 Å². The summed E-state index contributed by atoms with van der Waals surface area (Å²) < 4.78 is 20.2. The van der Waals surface area contributed by atoms with Crippen molar-refractivity contribution in [2.24, 2.45) is 0 Å². The third-order valence-electron chi connectivity index (χ3n) is 3.51. The molecule has 0 atom stereocenters. The number of hydrogen-bond donors (Lipinski definition) is 1. The molecule has 0 fully saturated rings. The zero-order valence-electron chi connectivity index (χ0n) is 13.6. The van der Waals surface area contributed by atoms with Crippen LogP contribution in [0.2, 0.25) is 0 Å². The molecule has 2 aromatic carbocycles. The van der Waals surface area contributed by atoms with E-state index >= 15 is 0 Å². The minimum atomic E-state index is -1.44. The molecule has 0 aliphatic heterocycles. The molecule has 25 heavy (non-hydrogen) atoms. The molecular formula is C18H15FN2O4. The summed E-state index contributed by atoms with van der Waals surface area (Å²) in [5.41, 5.74) is -0.552. The van der Waals surface area contributed by atoms with Crippen molar-refractivity contribution in [1.82, 2.24) is 9.78 Å². The SMILES string of the molecule is CC(C)Oc1cccc2c1c(=O)c(C(=O)O)nn2-c1ccc(F)cc1. The van der Waals surface area contributed by atoms with E-state index < -0.39 is 22.9 Å². The lowest BCUT2D eigenvalue weighted by Gasteiger charge is -2.15. The molecule has 0 amide bonds. The molecule has 128 valence electrons. The summed E-state index contributed by atoms with van der Waals surface area (Å²) in [6.45, 7) is 3.60. The van der Waals surface area contributed by atoms with Crippen LogP contribution in [0.1, 0.15) is 24.3 Å². The van der Waals surface area contributed by atoms with Gasteiger partial charge in [0.15, 0.2) is 0 Å². The smallest absolute Gasteiger partial charge is 0.360 e. The van der Waals surface area contributed by atoms with E-state index in [1.807, 2.05) is 0 Å². The minimum absolute atomic E-state index is 0.118. The van der Waals surface area contributed by atoms with Crippen LogP contribution in [0.25, 0.3) is 16.6 Å². The molecule has 3 aromatic rings. The van der Waals surface area contributed by atoms with E-state index in [2.05, 4.69) is 5.10 Å². The standard InChI is InChI=1S/C18H15FN2O4/c1-10(2)25-14-5-3-4-13-15(14)17(22)16(18(23)24)20-21(13)12-8-6-11(19)7-9-12/h3-10H,1-2H3,(H,23,24). The monoisotopic (exact) mass is 342 g/mol. The van der Waals surface area contributed by atoms with Crippen LogP contribution in [0.4, 0.5) is 4.39 Å². The first-order chi connectivity index (χ1) is 11.9. The van der Waals surface area contributed by atoms with Gasteiger partial charge < -0.3 is 9.84 Å². The highest BCUT2D eigenvalue weighted by Crippen LogP contribution is 2.25. The fourth-order valence-electron chi connectivity index (χ4n) is 2.51. The van der Waals surface area contributed by atoms with Gasteiger partial charge in [0.1, 0.15) is 11.6 Å². The van der Waals surface area contributed by atoms with Crippen molar-refractivity contribution in [3.63, 3.8) is 0 Å². The van der Waals surface area contributed by atoms with E-state index in [9.17, 15) is 19.1 Å². The van der Waals surface area contributed by atoms with Gasteiger partial charge in [0, 0.05) is 0 Å². The van der Waals surface area contributed by atoms with E-state index in [4.69, 9.17) is 4.74 Å². The first-order valence-corrected chi connectivity index (χ1v) is 7.60. The number of carboxylic acid groups (broad SMARTS) is 1. The molecule has 0 radical (unpaired) electrons. The molecule has 1 heterocycles. The van der Waals surface area contributed by atoms with Gasteiger partial charge in [-0.25, -0.2) is 13.9 Å². The molecule has 1 N–H and O–H groups in total. The molecule has 1 aromatic heterocycles. The topological polar surface area (TPSA) is 81.4 Å². The Balaban J connectivity index is 2.41. The predicted octanol–water partition coefficient (Wildman–Crippen LogP) is 3.01. The summed E-state index contributed by atoms with van der Waals surface area (Å²) in [5.74, 6) is -1.60. The second kappa shape index (κ2) is 6.35. The summed E-state index contributed by atoms with van der Waals surface area (Å²) in [6.07, 6.45) is -0.203. The molecule has 3 rings (SSSR count). The molecule has 0 aliphatic carbocycles. The van der Waals surface area contributed by atoms with Crippen LogP contribution in [0.15, 0.2) is 47.3 Å². The van der Waals surface area contributed by atoms with Crippen LogP contribution in [0, 0.1) is 5.82 Å². The Morgan fingerprint density at radius 3 is 2.48 bits per heavy atom. The highest BCUT2D eigenvalue weighted by Gasteiger charge is 2.20. The highest BCUT2D eigenvalue weighted by molar-refractivity contribution is 5.93. The van der Waals surface area contributed by atoms with Crippen molar-refractivity contribution in [2.75, 3.05) is 0 Å². The largest absolute Gasteiger partial charge is 0.490 e. The van der Waals surface area contributed by atoms with Crippen molar-refractivity contribution >= 4 is 16.9 Å². The number of aromatic nitrogens is 2. The Labute approximate surface area is 142 Å². The van der Waals surface area contributed by atoms with Gasteiger partial charge in [0.05, 0.1) is 22.7 Å². The molecule has 7 heteroatoms. The van der Waals surface area contributed by atoms with Gasteiger partial charge >= 0.3 is 5.97 Å². The van der Waals surface area contributed by atoms with Gasteiger partial charge in [-0.05, 0) is 50.2 Å². The molecule has 0 aliphatic rings. The number of benzene rings is 2. The van der Waals surface area contributed by atoms with Gasteiger partial charge in [-0.2, -0.15) is 5.10 Å². The number of ether oxygens (including phenoxy) is 1. The first kappa shape index (κ1) is 16.6. The maximum absolute atomic E-state index is 13.2. The van der Waals surface area contributed by atoms with Crippen molar-refractivity contribution in [2.45, 2.75) is 20.0 Å². The molecular weight excluding hydrogens is 327 g/mol. The van der Waals surface area contributed by atoms with E-state index in [0.717, 1.165) is 0 Å². The van der Waals surface area contributed by atoms with Crippen LogP contribution in [-0.4, -0.2) is 27.0 Å². The molecule has 0 saturated heterocycles. The van der Waals surface area contributed by atoms with Gasteiger partial charge in [-0.3, -0.25) is 4.79 Å². The number of carbonyl (C=O) groups is 1. The molecule has 0 spiro atoms. The number of rotatable bonds is 4. The van der Waals surface area contributed by atoms with Gasteiger partial charge in [0.25, 0.3) is 0 Å². The Hall–Kier alpha value is -3.22. The van der Waals surface area contributed by atoms with Crippen molar-refractivity contribution < 1.29 is 19.0 Å². The molecule has 0 bridgehead atoms. The second-order valence-electron chi connectivity index (χ2n) is 5.69. The Kier molecular flexibility index (Phi) is 4.22. The summed E-state index contributed by atoms with van der Waals surface area (Å²) in [6, 6.07) is 10.3. The lowest BCUT2D eigenvalue weighted by atomic mass is 10.1. The Morgan fingerprint density at radius 1 is 1.20 bits per heavy atom. The number of carboxylic acids is 1. The van der Waals surface area contributed by atoms with Crippen molar-refractivity contribution in [3.05, 3.63) is 64.2 Å². The summed E-state index contributed by atoms with van der Waals surface area (Å²) in [4.78, 5) is 24.1. The quantitative estimate of drug-likeness (QED) is 0.788. The van der Waals surface area contributed by atoms with Crippen LogP contribution < -0.4 is 10.2 Å². The number of nitrogens with zero attached hydrogens (tertiary/aromatic N) is 2. The van der Waals surface area contributed by atoms with Crippen LogP contribution in [0.5, 0.6) is 5.75 Å². The maximum Gasteiger partial charge on any atom is 0.360 e. The van der Waals surface area contributed by atoms with Gasteiger partial charge in [-0.1, -0.05) is 6.07 Å². The number of halogens is 1. The zero-order valence-corrected chi connectivity index (χ0v) is 13.6. The first-order valence-electron chi connectivity index (χ1n) is 7.60. The number of fused-ring (bicyclic) bond motifs is 1. The summed E-state index contributed by atoms with van der Waals surface area (Å²) >= 11 is 0. The Bertz CT molecular complexity index is 1010. The number of hydrogen-bond acceptors (Lipinski definition) is 4. The third-order valence-corrected chi connectivity index (χ3v) is 3.51. The maximum atomic E-state index is 13.2. The van der Waals surface area contributed by atoms with Crippen molar-refractivity contribution in [1.29, 1.82) is 0 Å². The average molecular weight is 342 g/mol. The lowest BCUT2D eigenvalue weighted by molar-refractivity contribution is 0.0687. The van der Waals surface area contributed by atoms with E-state index in [1.54, 1.807) is 32.0 Å². The molecule has 0 saturated carbocycles. The molecule has 0 unspecified atom stereocenters. The van der Waals surface area contributed by atoms with Crippen LogP contribution in [-0.2, 0) is 0 Å². The molecule has 6 nitrogen and oxygen atoms in total. The Morgan fingerprint density at radius 2 is 1.88 bits per heavy atom. The fourth-order valence-corrected chi connectivity index (χ4v) is 2.51. The zero-order chi connectivity index (χ0) is 18.1. The predicted molar refractivity (Wildman–Crippen MR) is 90.0 cm³/mol. The fraction of sp³-hybridized carbons (Fsp3) is 0.167. The van der Waals surface area contributed by atoms with E-state index in [-0.39, 0.29) is 17.2 Å². The summed E-state index contributed by atoms with van der Waals surface area (Å²) in [5, 5.41) is 13.4. The number of aromatic carboxylic acids is 1. The summed E-state index contributed by atoms with van der Waals surface area (Å²) in [7, 11) is 0.